The Labute approximate surface area is 115 Å². The van der Waals surface area contributed by atoms with Crippen LogP contribution in [0.5, 0.6) is 0 Å². The first-order valence-corrected chi connectivity index (χ1v) is 7.27. The van der Waals surface area contributed by atoms with Crippen LogP contribution in [0.4, 0.5) is 0 Å². The molecule has 2 aromatic rings. The SMILES string of the molecule is C=C(CC)N1Cc2[nH]c3ccccc3c2C[C@@H]1CC. The summed E-state index contributed by atoms with van der Waals surface area (Å²) in [4.78, 5) is 6.07. The highest BCUT2D eigenvalue weighted by Crippen LogP contribution is 2.33. The Kier molecular flexibility index (Phi) is 3.09. The van der Waals surface area contributed by atoms with Crippen molar-refractivity contribution < 1.29 is 0 Å². The maximum absolute atomic E-state index is 4.23. The van der Waals surface area contributed by atoms with Gasteiger partial charge in [-0.2, -0.15) is 0 Å². The van der Waals surface area contributed by atoms with Gasteiger partial charge in [0.2, 0.25) is 0 Å². The Morgan fingerprint density at radius 2 is 2.16 bits per heavy atom. The third-order valence-corrected chi connectivity index (χ3v) is 4.40. The van der Waals surface area contributed by atoms with Gasteiger partial charge in [-0.25, -0.2) is 0 Å². The summed E-state index contributed by atoms with van der Waals surface area (Å²) in [6.45, 7) is 9.68. The van der Waals surface area contributed by atoms with Gasteiger partial charge in [-0.1, -0.05) is 38.6 Å². The second-order valence-corrected chi connectivity index (χ2v) is 5.44. The van der Waals surface area contributed by atoms with E-state index in [-0.39, 0.29) is 0 Å². The van der Waals surface area contributed by atoms with E-state index in [2.05, 4.69) is 54.6 Å². The first kappa shape index (κ1) is 12.3. The molecule has 0 saturated heterocycles. The summed E-state index contributed by atoms with van der Waals surface area (Å²) < 4.78 is 0. The van der Waals surface area contributed by atoms with E-state index in [1.54, 1.807) is 0 Å². The maximum atomic E-state index is 4.23. The lowest BCUT2D eigenvalue weighted by Gasteiger charge is -2.38. The molecule has 0 bridgehead atoms. The molecule has 1 N–H and O–H groups in total. The van der Waals surface area contributed by atoms with E-state index in [9.17, 15) is 0 Å². The molecule has 0 amide bonds. The van der Waals surface area contributed by atoms with Crippen LogP contribution >= 0.6 is 0 Å². The molecule has 1 atom stereocenters. The average molecular weight is 254 g/mol. The van der Waals surface area contributed by atoms with Crippen molar-refractivity contribution in [2.24, 2.45) is 0 Å². The monoisotopic (exact) mass is 254 g/mol. The van der Waals surface area contributed by atoms with Crippen molar-refractivity contribution >= 4 is 10.9 Å². The van der Waals surface area contributed by atoms with Crippen LogP contribution in [0, 0.1) is 0 Å². The number of nitrogens with zero attached hydrogens (tertiary/aromatic N) is 1. The summed E-state index contributed by atoms with van der Waals surface area (Å²) in [5.74, 6) is 0. The molecule has 1 aliphatic rings. The van der Waals surface area contributed by atoms with Gasteiger partial charge in [0.1, 0.15) is 0 Å². The summed E-state index contributed by atoms with van der Waals surface area (Å²) >= 11 is 0. The predicted molar refractivity (Wildman–Crippen MR) is 81.1 cm³/mol. The molecule has 2 heterocycles. The van der Waals surface area contributed by atoms with Crippen molar-refractivity contribution in [3.8, 4) is 0 Å². The van der Waals surface area contributed by atoms with Gasteiger partial charge in [0.15, 0.2) is 0 Å². The lowest BCUT2D eigenvalue weighted by Crippen LogP contribution is -2.38. The fourth-order valence-electron chi connectivity index (χ4n) is 3.21. The molecule has 1 aromatic heterocycles. The van der Waals surface area contributed by atoms with Gasteiger partial charge in [-0.15, -0.1) is 0 Å². The summed E-state index contributed by atoms with van der Waals surface area (Å²) in [7, 11) is 0. The Balaban J connectivity index is 2.05. The Morgan fingerprint density at radius 3 is 2.89 bits per heavy atom. The van der Waals surface area contributed by atoms with E-state index >= 15 is 0 Å². The number of benzene rings is 1. The predicted octanol–water partition coefficient (Wildman–Crippen LogP) is 4.23. The Bertz CT molecular complexity index is 609. The molecule has 1 aliphatic heterocycles. The van der Waals surface area contributed by atoms with Crippen molar-refractivity contribution in [2.75, 3.05) is 0 Å². The zero-order valence-corrected chi connectivity index (χ0v) is 11.9. The van der Waals surface area contributed by atoms with Crippen LogP contribution in [-0.4, -0.2) is 15.9 Å². The smallest absolute Gasteiger partial charge is 0.0583 e. The van der Waals surface area contributed by atoms with Crippen LogP contribution < -0.4 is 0 Å². The molecule has 0 unspecified atom stereocenters. The number of fused-ring (bicyclic) bond motifs is 3. The summed E-state index contributed by atoms with van der Waals surface area (Å²) in [5.41, 5.74) is 5.42. The van der Waals surface area contributed by atoms with Crippen molar-refractivity contribution in [1.29, 1.82) is 0 Å². The molecule has 1 aromatic carbocycles. The molecule has 100 valence electrons. The molecule has 0 saturated carbocycles. The number of rotatable bonds is 3. The number of H-pyrrole nitrogens is 1. The number of para-hydroxylation sites is 1. The highest BCUT2D eigenvalue weighted by Gasteiger charge is 2.27. The highest BCUT2D eigenvalue weighted by atomic mass is 15.2. The number of hydrogen-bond donors (Lipinski definition) is 1. The van der Waals surface area contributed by atoms with Crippen molar-refractivity contribution in [3.05, 3.63) is 47.8 Å². The quantitative estimate of drug-likeness (QED) is 0.868. The van der Waals surface area contributed by atoms with Crippen LogP contribution in [0.15, 0.2) is 36.5 Å². The molecule has 0 radical (unpaired) electrons. The average Bonchev–Trinajstić information content (AvgIpc) is 2.82. The number of aromatic amines is 1. The first-order chi connectivity index (χ1) is 9.24. The Morgan fingerprint density at radius 1 is 1.37 bits per heavy atom. The summed E-state index contributed by atoms with van der Waals surface area (Å²) in [6.07, 6.45) is 3.35. The number of hydrogen-bond acceptors (Lipinski definition) is 1. The zero-order chi connectivity index (χ0) is 13.4. The van der Waals surface area contributed by atoms with Crippen molar-refractivity contribution in [2.45, 2.75) is 45.7 Å². The van der Waals surface area contributed by atoms with E-state index in [1.807, 2.05) is 0 Å². The molecule has 0 spiro atoms. The van der Waals surface area contributed by atoms with E-state index in [0.717, 1.165) is 19.4 Å². The second kappa shape index (κ2) is 4.76. The minimum Gasteiger partial charge on any atom is -0.366 e. The van der Waals surface area contributed by atoms with E-state index in [1.165, 1.54) is 34.3 Å². The van der Waals surface area contributed by atoms with Crippen LogP contribution in [0.3, 0.4) is 0 Å². The molecule has 19 heavy (non-hydrogen) atoms. The number of aromatic nitrogens is 1. The van der Waals surface area contributed by atoms with E-state index < -0.39 is 0 Å². The minimum atomic E-state index is 0.596. The third-order valence-electron chi connectivity index (χ3n) is 4.40. The number of allylic oxidation sites excluding steroid dienone is 1. The fourth-order valence-corrected chi connectivity index (χ4v) is 3.21. The molecule has 2 nitrogen and oxygen atoms in total. The van der Waals surface area contributed by atoms with Gasteiger partial charge in [-0.3, -0.25) is 0 Å². The van der Waals surface area contributed by atoms with Gasteiger partial charge in [0.25, 0.3) is 0 Å². The first-order valence-electron chi connectivity index (χ1n) is 7.27. The van der Waals surface area contributed by atoms with Gasteiger partial charge < -0.3 is 9.88 Å². The van der Waals surface area contributed by atoms with Crippen LogP contribution in [0.25, 0.3) is 10.9 Å². The standard InChI is InChI=1S/C17H22N2/c1-4-12(3)19-11-17-15(10-13(19)5-2)14-8-6-7-9-16(14)18-17/h6-9,13,18H,3-5,10-11H2,1-2H3/t13-/m0/s1. The van der Waals surface area contributed by atoms with Gasteiger partial charge in [-0.05, 0) is 30.9 Å². The molecule has 0 fully saturated rings. The minimum absolute atomic E-state index is 0.596. The van der Waals surface area contributed by atoms with Gasteiger partial charge >= 0.3 is 0 Å². The molecule has 0 aliphatic carbocycles. The summed E-state index contributed by atoms with van der Waals surface area (Å²) in [6, 6.07) is 9.24. The number of nitrogens with one attached hydrogen (secondary N) is 1. The van der Waals surface area contributed by atoms with E-state index in [0.29, 0.717) is 6.04 Å². The van der Waals surface area contributed by atoms with E-state index in [4.69, 9.17) is 0 Å². The lowest BCUT2D eigenvalue weighted by molar-refractivity contribution is 0.213. The molecular formula is C17H22N2. The third kappa shape index (κ3) is 1.95. The Hall–Kier alpha value is -1.70. The molecule has 2 heteroatoms. The lowest BCUT2D eigenvalue weighted by atomic mass is 9.94. The van der Waals surface area contributed by atoms with Crippen molar-refractivity contribution in [3.63, 3.8) is 0 Å². The fraction of sp³-hybridized carbons (Fsp3) is 0.412. The second-order valence-electron chi connectivity index (χ2n) is 5.44. The largest absolute Gasteiger partial charge is 0.366 e. The topological polar surface area (TPSA) is 19.0 Å². The zero-order valence-electron chi connectivity index (χ0n) is 11.9. The molecule has 3 rings (SSSR count). The van der Waals surface area contributed by atoms with Crippen LogP contribution in [0.1, 0.15) is 37.9 Å². The van der Waals surface area contributed by atoms with Crippen LogP contribution in [-0.2, 0) is 13.0 Å². The van der Waals surface area contributed by atoms with Gasteiger partial charge in [0.05, 0.1) is 6.54 Å². The van der Waals surface area contributed by atoms with Crippen LogP contribution in [0.2, 0.25) is 0 Å². The van der Waals surface area contributed by atoms with Gasteiger partial charge in [0, 0.05) is 28.3 Å². The highest BCUT2D eigenvalue weighted by molar-refractivity contribution is 5.84. The maximum Gasteiger partial charge on any atom is 0.0583 e. The van der Waals surface area contributed by atoms with Crippen molar-refractivity contribution in [1.82, 2.24) is 9.88 Å². The molecular weight excluding hydrogens is 232 g/mol. The summed E-state index contributed by atoms with van der Waals surface area (Å²) in [5, 5.41) is 1.40. The normalized spacial score (nSPS) is 18.6.